The Hall–Kier alpha value is -5.65. The Morgan fingerprint density at radius 1 is 0.780 bits per heavy atom. The number of benzene rings is 1. The van der Waals surface area contributed by atoms with Crippen molar-refractivity contribution in [1.82, 2.24) is 20.4 Å². The number of nitro benzene ring substituents is 1. The number of ketones is 2. The van der Waals surface area contributed by atoms with Gasteiger partial charge in [0, 0.05) is 36.8 Å². The van der Waals surface area contributed by atoms with Crippen LogP contribution in [0.25, 0.3) is 0 Å². The molecular formula is C41H55N5O13. The number of ether oxygens (including phenoxy) is 3. The Morgan fingerprint density at radius 2 is 1.20 bits per heavy atom. The summed E-state index contributed by atoms with van der Waals surface area (Å²) in [6.45, 7) is 20.4. The van der Waals surface area contributed by atoms with Crippen LogP contribution in [0.1, 0.15) is 91.4 Å². The van der Waals surface area contributed by atoms with Crippen molar-refractivity contribution in [2.24, 2.45) is 11.8 Å². The number of carbonyl (C=O) groups is 7. The standard InChI is InChI=1S/C24H29N3O8.C17H26N2O5/c1-6-16-12-24(16,14(2)28)25-20(29)19-11-18(13-26(19)22(31)35-23(3,4)5)34-21(30)15-7-9-17(10-8-15)27(32)33;1-6-11-8-17(11,10(2)20)18-14(22)13-7-12(21)9-19(13)15(23)24-16(3,4)5/h6-10,16,18-19H,1,11-13H2,2-5H3,(H,25,29);6,11-13,21H,1,7-9H2,2-5H3,(H,18,22)/t16-,18+,19+,24+;11-,12+,13+,17+/m11/s1. The molecule has 4 aliphatic rings. The van der Waals surface area contributed by atoms with E-state index in [1.54, 1.807) is 53.7 Å². The molecule has 0 spiro atoms. The van der Waals surface area contributed by atoms with E-state index in [9.17, 15) is 48.8 Å². The number of non-ortho nitro benzene ring substituents is 1. The van der Waals surface area contributed by atoms with E-state index >= 15 is 0 Å². The summed E-state index contributed by atoms with van der Waals surface area (Å²) in [5.41, 5.74) is -3.58. The molecule has 4 fully saturated rings. The van der Waals surface area contributed by atoms with E-state index in [4.69, 9.17) is 14.2 Å². The maximum Gasteiger partial charge on any atom is 0.411 e. The van der Waals surface area contributed by atoms with Crippen LogP contribution < -0.4 is 10.6 Å². The summed E-state index contributed by atoms with van der Waals surface area (Å²) in [5, 5.41) is 26.2. The van der Waals surface area contributed by atoms with Gasteiger partial charge in [0.1, 0.15) is 40.5 Å². The van der Waals surface area contributed by atoms with Crippen LogP contribution in [0.5, 0.6) is 0 Å². The number of nitrogens with zero attached hydrogens (tertiary/aromatic N) is 3. The lowest BCUT2D eigenvalue weighted by Gasteiger charge is -2.28. The monoisotopic (exact) mass is 825 g/mol. The number of esters is 1. The molecule has 18 nitrogen and oxygen atoms in total. The average Bonchev–Trinajstić information content (AvgIpc) is 3.92. The number of nitro groups is 1. The van der Waals surface area contributed by atoms with Gasteiger partial charge in [0.25, 0.3) is 5.69 Å². The van der Waals surface area contributed by atoms with Crippen LogP contribution in [-0.4, -0.2) is 121 Å². The molecule has 322 valence electrons. The number of nitrogens with one attached hydrogen (secondary N) is 2. The zero-order valence-corrected chi connectivity index (χ0v) is 34.8. The zero-order chi connectivity index (χ0) is 44.4. The maximum absolute atomic E-state index is 13.2. The minimum atomic E-state index is -1.05. The van der Waals surface area contributed by atoms with Crippen LogP contribution in [0.2, 0.25) is 0 Å². The molecular weight excluding hydrogens is 770 g/mol. The molecule has 2 heterocycles. The topological polar surface area (TPSA) is 241 Å². The van der Waals surface area contributed by atoms with Crippen LogP contribution in [0.3, 0.4) is 0 Å². The van der Waals surface area contributed by atoms with Gasteiger partial charge in [0.2, 0.25) is 11.8 Å². The molecule has 5 rings (SSSR count). The smallest absolute Gasteiger partial charge is 0.411 e. The highest BCUT2D eigenvalue weighted by Crippen LogP contribution is 2.46. The number of rotatable bonds is 11. The molecule has 18 heteroatoms. The summed E-state index contributed by atoms with van der Waals surface area (Å²) >= 11 is 0. The number of amides is 4. The van der Waals surface area contributed by atoms with Crippen molar-refractivity contribution in [2.75, 3.05) is 13.1 Å². The van der Waals surface area contributed by atoms with E-state index in [0.29, 0.717) is 12.8 Å². The fourth-order valence-electron chi connectivity index (χ4n) is 7.20. The molecule has 8 atom stereocenters. The molecule has 1 aromatic rings. The predicted octanol–water partition coefficient (Wildman–Crippen LogP) is 3.79. The van der Waals surface area contributed by atoms with Crippen molar-refractivity contribution in [3.8, 4) is 0 Å². The Morgan fingerprint density at radius 3 is 1.58 bits per heavy atom. The van der Waals surface area contributed by atoms with Gasteiger partial charge < -0.3 is 30.0 Å². The SMILES string of the molecule is C=C[C@@H]1C[C@]1(NC(=O)[C@@H]1C[C@H](O)CN1C(=O)OC(C)(C)C)C(C)=O.C=C[C@@H]1C[C@]1(NC(=O)[C@@H]1C[C@H](OC(=O)c2ccc([N+](=O)[O-])cc2)CN1C(=O)OC(C)(C)C)C(C)=O. The van der Waals surface area contributed by atoms with Gasteiger partial charge in [0.15, 0.2) is 11.6 Å². The average molecular weight is 826 g/mol. The zero-order valence-electron chi connectivity index (χ0n) is 34.8. The predicted molar refractivity (Wildman–Crippen MR) is 211 cm³/mol. The second-order valence-electron chi connectivity index (χ2n) is 17.4. The van der Waals surface area contributed by atoms with E-state index in [1.807, 2.05) is 0 Å². The maximum atomic E-state index is 13.2. The van der Waals surface area contributed by atoms with Crippen molar-refractivity contribution < 1.29 is 57.8 Å². The minimum Gasteiger partial charge on any atom is -0.457 e. The van der Waals surface area contributed by atoms with Crippen molar-refractivity contribution >= 4 is 47.2 Å². The number of Topliss-reactive ketones (excluding diaryl/α,β-unsaturated/α-hetero) is 2. The molecule has 3 N–H and O–H groups in total. The summed E-state index contributed by atoms with van der Waals surface area (Å²) in [7, 11) is 0. The van der Waals surface area contributed by atoms with Crippen molar-refractivity contribution in [2.45, 2.75) is 128 Å². The van der Waals surface area contributed by atoms with Crippen LogP contribution in [-0.2, 0) is 33.4 Å². The number of hydrogen-bond acceptors (Lipinski definition) is 13. The lowest BCUT2D eigenvalue weighted by atomic mass is 10.1. The molecule has 0 unspecified atom stereocenters. The quantitative estimate of drug-likeness (QED) is 0.0948. The minimum absolute atomic E-state index is 0.00343. The Bertz CT molecular complexity index is 1890. The second-order valence-corrected chi connectivity index (χ2v) is 17.4. The van der Waals surface area contributed by atoms with Gasteiger partial charge in [-0.2, -0.15) is 0 Å². The second kappa shape index (κ2) is 17.3. The molecule has 2 saturated heterocycles. The molecule has 2 aliphatic carbocycles. The normalized spacial score (nSPS) is 28.2. The molecule has 0 bridgehead atoms. The van der Waals surface area contributed by atoms with E-state index in [-0.39, 0.29) is 60.6 Å². The number of β-amino-alcohol motifs (C(OH)–C–C–N with tert-alkyl or cyclic N) is 1. The number of carbonyl (C=O) groups excluding carboxylic acids is 7. The summed E-state index contributed by atoms with van der Waals surface area (Å²) in [6, 6.07) is 3.02. The first-order valence-corrected chi connectivity index (χ1v) is 19.3. The van der Waals surface area contributed by atoms with Gasteiger partial charge in [0.05, 0.1) is 29.7 Å². The first-order valence-electron chi connectivity index (χ1n) is 19.3. The third-order valence-corrected chi connectivity index (χ3v) is 10.5. The molecule has 4 amide bonds. The van der Waals surface area contributed by atoms with Gasteiger partial charge in [-0.3, -0.25) is 39.1 Å². The summed E-state index contributed by atoms with van der Waals surface area (Å²) < 4.78 is 16.2. The van der Waals surface area contributed by atoms with Crippen molar-refractivity contribution in [3.63, 3.8) is 0 Å². The third kappa shape index (κ3) is 10.9. The van der Waals surface area contributed by atoms with Gasteiger partial charge in [-0.05, 0) is 80.4 Å². The van der Waals surface area contributed by atoms with Gasteiger partial charge in [-0.15, -0.1) is 13.2 Å². The third-order valence-electron chi connectivity index (χ3n) is 10.5. The van der Waals surface area contributed by atoms with Crippen LogP contribution >= 0.6 is 0 Å². The summed E-state index contributed by atoms with van der Waals surface area (Å²) in [6.07, 6.45) is 1.29. The lowest BCUT2D eigenvalue weighted by Crippen LogP contribution is -2.53. The van der Waals surface area contributed by atoms with Crippen molar-refractivity contribution in [1.29, 1.82) is 0 Å². The van der Waals surface area contributed by atoms with Crippen LogP contribution in [0, 0.1) is 22.0 Å². The Labute approximate surface area is 342 Å². The number of aliphatic hydroxyl groups is 1. The molecule has 2 aliphatic heterocycles. The molecule has 0 radical (unpaired) electrons. The van der Waals surface area contributed by atoms with Gasteiger partial charge >= 0.3 is 18.2 Å². The van der Waals surface area contributed by atoms with Crippen molar-refractivity contribution in [3.05, 3.63) is 65.3 Å². The van der Waals surface area contributed by atoms with E-state index in [2.05, 4.69) is 23.8 Å². The first kappa shape index (κ1) is 46.0. The van der Waals surface area contributed by atoms with Gasteiger partial charge in [-0.25, -0.2) is 14.4 Å². The lowest BCUT2D eigenvalue weighted by molar-refractivity contribution is -0.384. The highest BCUT2D eigenvalue weighted by Gasteiger charge is 2.60. The number of likely N-dealkylation sites (tertiary alicyclic amines) is 2. The summed E-state index contributed by atoms with van der Waals surface area (Å²) in [5.74, 6) is -2.39. The van der Waals surface area contributed by atoms with Crippen LogP contribution in [0.15, 0.2) is 49.6 Å². The number of aliphatic hydroxyl groups excluding tert-OH is 1. The van der Waals surface area contributed by atoms with Gasteiger partial charge in [-0.1, -0.05) is 12.2 Å². The number of hydrogen-bond donors (Lipinski definition) is 3. The molecule has 0 aromatic heterocycles. The Kier molecular flexibility index (Phi) is 13.5. The molecule has 1 aromatic carbocycles. The molecule has 2 saturated carbocycles. The van der Waals surface area contributed by atoms with E-state index < -0.39 is 81.5 Å². The fraction of sp³-hybridized carbons (Fsp3) is 0.585. The van der Waals surface area contributed by atoms with E-state index in [0.717, 1.165) is 0 Å². The highest BCUT2D eigenvalue weighted by molar-refractivity contribution is 5.98. The largest absolute Gasteiger partial charge is 0.457 e. The van der Waals surface area contributed by atoms with Crippen LogP contribution in [0.4, 0.5) is 15.3 Å². The highest BCUT2D eigenvalue weighted by atomic mass is 16.6. The van der Waals surface area contributed by atoms with E-state index in [1.165, 1.54) is 47.9 Å². The molecule has 59 heavy (non-hydrogen) atoms. The summed E-state index contributed by atoms with van der Waals surface area (Å²) in [4.78, 5) is 100. The fourth-order valence-corrected chi connectivity index (χ4v) is 7.20. The first-order chi connectivity index (χ1) is 27.3. The Balaban J connectivity index is 0.000000280.